The first-order valence-corrected chi connectivity index (χ1v) is 11.1. The Kier molecular flexibility index (Phi) is 6.35. The lowest BCUT2D eigenvalue weighted by Gasteiger charge is -2.42. The van der Waals surface area contributed by atoms with Crippen molar-refractivity contribution in [3.63, 3.8) is 0 Å². The molecule has 0 saturated carbocycles. The van der Waals surface area contributed by atoms with Crippen molar-refractivity contribution in [2.75, 3.05) is 19.6 Å². The molecule has 0 unspecified atom stereocenters. The molecule has 1 aliphatic heterocycles. The third kappa shape index (κ3) is 4.28. The largest absolute Gasteiger partial charge is 0.356 e. The average molecular weight is 432 g/mol. The van der Waals surface area contributed by atoms with E-state index in [1.54, 1.807) is 18.6 Å². The van der Waals surface area contributed by atoms with Crippen LogP contribution in [0.4, 0.5) is 0 Å². The predicted octanol–water partition coefficient (Wildman–Crippen LogP) is 3.38. The number of pyridine rings is 1. The van der Waals surface area contributed by atoms with E-state index in [4.69, 9.17) is 0 Å². The molecule has 4 rings (SSSR count). The summed E-state index contributed by atoms with van der Waals surface area (Å²) in [5, 5.41) is 9.87. The normalized spacial score (nSPS) is 18.4. The molecule has 0 bridgehead atoms. The molecule has 2 N–H and O–H groups in total. The average Bonchev–Trinajstić information content (AvgIpc) is 3.25. The van der Waals surface area contributed by atoms with Gasteiger partial charge in [0.25, 0.3) is 5.91 Å². The summed E-state index contributed by atoms with van der Waals surface area (Å²) in [5.41, 5.74) is 3.87. The summed E-state index contributed by atoms with van der Waals surface area (Å²) in [6, 6.07) is 12.1. The summed E-state index contributed by atoms with van der Waals surface area (Å²) in [6.07, 6.45) is 7.19. The minimum atomic E-state index is -0.690. The Morgan fingerprint density at radius 2 is 1.97 bits per heavy atom. The number of amides is 2. The van der Waals surface area contributed by atoms with E-state index in [-0.39, 0.29) is 11.8 Å². The third-order valence-corrected chi connectivity index (χ3v) is 6.28. The first kappa shape index (κ1) is 21.7. The van der Waals surface area contributed by atoms with Gasteiger partial charge in [-0.1, -0.05) is 24.3 Å². The van der Waals surface area contributed by atoms with Crippen molar-refractivity contribution in [3.8, 4) is 11.1 Å². The molecular formula is C25H29N5O2. The van der Waals surface area contributed by atoms with Crippen molar-refractivity contribution in [2.45, 2.75) is 33.1 Å². The molecule has 32 heavy (non-hydrogen) atoms. The van der Waals surface area contributed by atoms with Crippen LogP contribution in [0.1, 0.15) is 41.4 Å². The number of likely N-dealkylation sites (tertiary alicyclic amines) is 1. The molecule has 1 saturated heterocycles. The van der Waals surface area contributed by atoms with E-state index in [0.717, 1.165) is 35.2 Å². The molecule has 0 spiro atoms. The Morgan fingerprint density at radius 1 is 1.19 bits per heavy atom. The summed E-state index contributed by atoms with van der Waals surface area (Å²) < 4.78 is 0. The highest BCUT2D eigenvalue weighted by atomic mass is 16.2. The SMILES string of the molecule is CCNC(=O)[C@@]1(Cc2ccccc2-c2ccncc2)CCCN(C(=O)c2cn[nH]c2C)C1. The zero-order chi connectivity index (χ0) is 22.6. The van der Waals surface area contributed by atoms with Crippen molar-refractivity contribution in [1.29, 1.82) is 0 Å². The Morgan fingerprint density at radius 3 is 2.69 bits per heavy atom. The summed E-state index contributed by atoms with van der Waals surface area (Å²) in [5.74, 6) is -0.0713. The number of hydrogen-bond donors (Lipinski definition) is 2. The smallest absolute Gasteiger partial charge is 0.257 e. The first-order valence-electron chi connectivity index (χ1n) is 11.1. The summed E-state index contributed by atoms with van der Waals surface area (Å²) in [4.78, 5) is 32.6. The molecule has 0 radical (unpaired) electrons. The number of hydrogen-bond acceptors (Lipinski definition) is 4. The second-order valence-electron chi connectivity index (χ2n) is 8.45. The van der Waals surface area contributed by atoms with E-state index < -0.39 is 5.41 Å². The lowest BCUT2D eigenvalue weighted by Crippen LogP contribution is -2.54. The van der Waals surface area contributed by atoms with E-state index in [1.807, 2.05) is 43.0 Å². The molecular weight excluding hydrogens is 402 g/mol. The van der Waals surface area contributed by atoms with Crippen LogP contribution in [0.2, 0.25) is 0 Å². The second kappa shape index (κ2) is 9.34. The number of H-pyrrole nitrogens is 1. The fourth-order valence-electron chi connectivity index (χ4n) is 4.65. The van der Waals surface area contributed by atoms with Gasteiger partial charge < -0.3 is 10.2 Å². The number of piperidine rings is 1. The van der Waals surface area contributed by atoms with Crippen LogP contribution >= 0.6 is 0 Å². The number of nitrogens with one attached hydrogen (secondary N) is 2. The van der Waals surface area contributed by atoms with E-state index in [1.165, 1.54) is 0 Å². The van der Waals surface area contributed by atoms with Gasteiger partial charge in [-0.05, 0) is 61.9 Å². The van der Waals surface area contributed by atoms with Crippen LogP contribution in [0.5, 0.6) is 0 Å². The minimum Gasteiger partial charge on any atom is -0.356 e. The van der Waals surface area contributed by atoms with Crippen LogP contribution in [-0.2, 0) is 11.2 Å². The fraction of sp³-hybridized carbons (Fsp3) is 0.360. The van der Waals surface area contributed by atoms with Crippen LogP contribution in [0, 0.1) is 12.3 Å². The molecule has 2 amide bonds. The van der Waals surface area contributed by atoms with Crippen molar-refractivity contribution < 1.29 is 9.59 Å². The maximum absolute atomic E-state index is 13.4. The third-order valence-electron chi connectivity index (χ3n) is 6.28. The number of benzene rings is 1. The molecule has 1 atom stereocenters. The topological polar surface area (TPSA) is 91.0 Å². The number of aryl methyl sites for hydroxylation is 1. The van der Waals surface area contributed by atoms with Crippen molar-refractivity contribution in [2.24, 2.45) is 5.41 Å². The predicted molar refractivity (Wildman–Crippen MR) is 123 cm³/mol. The second-order valence-corrected chi connectivity index (χ2v) is 8.45. The molecule has 3 heterocycles. The Hall–Kier alpha value is -3.48. The fourth-order valence-corrected chi connectivity index (χ4v) is 4.65. The lowest BCUT2D eigenvalue weighted by atomic mass is 9.73. The van der Waals surface area contributed by atoms with Crippen LogP contribution < -0.4 is 5.32 Å². The van der Waals surface area contributed by atoms with Crippen LogP contribution in [0.25, 0.3) is 11.1 Å². The molecule has 0 aliphatic carbocycles. The van der Waals surface area contributed by atoms with Crippen LogP contribution in [0.3, 0.4) is 0 Å². The molecule has 7 heteroatoms. The molecule has 166 valence electrons. The van der Waals surface area contributed by atoms with Gasteiger partial charge >= 0.3 is 0 Å². The standard InChI is InChI=1S/C25H29N5O2/c1-3-27-24(32)25(11-6-14-30(17-25)23(31)22-16-28-29-18(22)2)15-20-7-4-5-8-21(20)19-9-12-26-13-10-19/h4-5,7-10,12-13,16H,3,6,11,14-15,17H2,1-2H3,(H,27,32)(H,28,29)/t25-/m1/s1. The number of carbonyl (C=O) groups excluding carboxylic acids is 2. The highest BCUT2D eigenvalue weighted by Gasteiger charge is 2.44. The molecule has 7 nitrogen and oxygen atoms in total. The van der Waals surface area contributed by atoms with Crippen molar-refractivity contribution in [1.82, 2.24) is 25.4 Å². The Bertz CT molecular complexity index is 1090. The van der Waals surface area contributed by atoms with Gasteiger partial charge in [0, 0.05) is 37.7 Å². The quantitative estimate of drug-likeness (QED) is 0.626. The maximum atomic E-state index is 13.4. The molecule has 1 fully saturated rings. The number of nitrogens with zero attached hydrogens (tertiary/aromatic N) is 3. The van der Waals surface area contributed by atoms with Gasteiger partial charge in [-0.2, -0.15) is 5.10 Å². The van der Waals surface area contributed by atoms with Crippen LogP contribution in [-0.4, -0.2) is 51.5 Å². The van der Waals surface area contributed by atoms with Gasteiger partial charge in [-0.25, -0.2) is 0 Å². The maximum Gasteiger partial charge on any atom is 0.257 e. The monoisotopic (exact) mass is 431 g/mol. The molecule has 1 aromatic carbocycles. The van der Waals surface area contributed by atoms with Crippen molar-refractivity contribution >= 4 is 11.8 Å². The zero-order valence-electron chi connectivity index (χ0n) is 18.6. The van der Waals surface area contributed by atoms with Gasteiger partial charge in [-0.3, -0.25) is 19.7 Å². The minimum absolute atomic E-state index is 0.00551. The van der Waals surface area contributed by atoms with Gasteiger partial charge in [0.15, 0.2) is 0 Å². The lowest BCUT2D eigenvalue weighted by molar-refractivity contribution is -0.133. The van der Waals surface area contributed by atoms with Gasteiger partial charge in [0.2, 0.25) is 5.91 Å². The first-order chi connectivity index (χ1) is 15.5. The Labute approximate surface area is 188 Å². The van der Waals surface area contributed by atoms with Crippen LogP contribution in [0.15, 0.2) is 55.0 Å². The van der Waals surface area contributed by atoms with E-state index in [0.29, 0.717) is 31.6 Å². The summed E-state index contributed by atoms with van der Waals surface area (Å²) in [6.45, 7) is 5.34. The van der Waals surface area contributed by atoms with Gasteiger partial charge in [-0.15, -0.1) is 0 Å². The zero-order valence-corrected chi connectivity index (χ0v) is 18.6. The van der Waals surface area contributed by atoms with Gasteiger partial charge in [0.1, 0.15) is 0 Å². The molecule has 2 aromatic heterocycles. The highest BCUT2D eigenvalue weighted by molar-refractivity contribution is 5.96. The number of carbonyl (C=O) groups is 2. The summed E-state index contributed by atoms with van der Waals surface area (Å²) in [7, 11) is 0. The number of aromatic nitrogens is 3. The van der Waals surface area contributed by atoms with Crippen molar-refractivity contribution in [3.05, 3.63) is 71.8 Å². The highest BCUT2D eigenvalue weighted by Crippen LogP contribution is 2.37. The van der Waals surface area contributed by atoms with Gasteiger partial charge in [0.05, 0.1) is 17.2 Å². The molecule has 1 aliphatic rings. The number of rotatable bonds is 6. The molecule has 3 aromatic rings. The van der Waals surface area contributed by atoms with E-state index >= 15 is 0 Å². The summed E-state index contributed by atoms with van der Waals surface area (Å²) >= 11 is 0. The number of aromatic amines is 1. The Balaban J connectivity index is 1.69. The van der Waals surface area contributed by atoms with E-state index in [2.05, 4.69) is 32.6 Å². The van der Waals surface area contributed by atoms with E-state index in [9.17, 15) is 9.59 Å².